The summed E-state index contributed by atoms with van der Waals surface area (Å²) in [5.41, 5.74) is 4.63. The van der Waals surface area contributed by atoms with E-state index in [2.05, 4.69) is 52.0 Å². The third-order valence-electron chi connectivity index (χ3n) is 6.24. The van der Waals surface area contributed by atoms with Gasteiger partial charge in [0.1, 0.15) is 16.2 Å². The Labute approximate surface area is 189 Å². The van der Waals surface area contributed by atoms with Gasteiger partial charge in [0.25, 0.3) is 5.91 Å². The Kier molecular flexibility index (Phi) is 4.69. The molecule has 0 aliphatic carbocycles. The maximum Gasteiger partial charge on any atom is 0.265 e. The molecule has 2 aromatic carbocycles. The molecule has 0 atom stereocenters. The molecule has 4 heterocycles. The molecule has 1 aliphatic heterocycles. The van der Waals surface area contributed by atoms with Crippen LogP contribution in [0.3, 0.4) is 0 Å². The predicted molar refractivity (Wildman–Crippen MR) is 127 cm³/mol. The van der Waals surface area contributed by atoms with E-state index in [1.807, 2.05) is 23.2 Å². The van der Waals surface area contributed by atoms with Crippen LogP contribution in [0.5, 0.6) is 0 Å². The van der Waals surface area contributed by atoms with E-state index in [9.17, 15) is 4.79 Å². The van der Waals surface area contributed by atoms with Gasteiger partial charge < -0.3 is 9.47 Å². The largest absolute Gasteiger partial charge is 0.338 e. The average Bonchev–Trinajstić information content (AvgIpc) is 3.52. The highest BCUT2D eigenvalue weighted by molar-refractivity contribution is 7.11. The van der Waals surface area contributed by atoms with Gasteiger partial charge in [-0.15, -0.1) is 11.3 Å². The molecule has 0 N–H and O–H groups in total. The molecule has 0 bridgehead atoms. The molecule has 0 unspecified atom stereocenters. The molecule has 7 heteroatoms. The number of fused-ring (bicyclic) bond motifs is 2. The first kappa shape index (κ1) is 19.1. The van der Waals surface area contributed by atoms with E-state index in [1.165, 1.54) is 22.1 Å². The number of nitrogens with zero attached hydrogens (tertiary/aromatic N) is 5. The maximum absolute atomic E-state index is 12.8. The molecule has 6 rings (SSSR count). The zero-order valence-corrected chi connectivity index (χ0v) is 18.2. The van der Waals surface area contributed by atoms with Gasteiger partial charge in [-0.05, 0) is 35.7 Å². The Morgan fingerprint density at radius 3 is 2.69 bits per heavy atom. The van der Waals surface area contributed by atoms with Crippen molar-refractivity contribution in [3.8, 4) is 11.4 Å². The van der Waals surface area contributed by atoms with Crippen molar-refractivity contribution in [2.75, 3.05) is 13.1 Å². The Bertz CT molecular complexity index is 1410. The van der Waals surface area contributed by atoms with Crippen LogP contribution >= 0.6 is 11.3 Å². The van der Waals surface area contributed by atoms with Crippen molar-refractivity contribution >= 4 is 39.2 Å². The Morgan fingerprint density at radius 1 is 1.00 bits per heavy atom. The molecule has 3 aromatic heterocycles. The number of carbonyl (C=O) groups is 1. The summed E-state index contributed by atoms with van der Waals surface area (Å²) in [7, 11) is 0. The summed E-state index contributed by atoms with van der Waals surface area (Å²) < 4.78 is 2.30. The minimum Gasteiger partial charge on any atom is -0.338 e. The number of hydrogen-bond acceptors (Lipinski definition) is 5. The average molecular weight is 440 g/mol. The lowest BCUT2D eigenvalue weighted by Crippen LogP contribution is -2.38. The van der Waals surface area contributed by atoms with Crippen LogP contribution in [0.15, 0.2) is 72.5 Å². The lowest BCUT2D eigenvalue weighted by atomic mass is 10.0. The summed E-state index contributed by atoms with van der Waals surface area (Å²) in [5, 5.41) is 2.38. The molecule has 1 amide bonds. The van der Waals surface area contributed by atoms with Gasteiger partial charge in [0.05, 0.1) is 11.7 Å². The fraction of sp³-hybridized carbons (Fsp3) is 0.200. The summed E-state index contributed by atoms with van der Waals surface area (Å²) in [6, 6.07) is 19.0. The predicted octanol–water partition coefficient (Wildman–Crippen LogP) is 5.19. The first-order chi connectivity index (χ1) is 15.8. The smallest absolute Gasteiger partial charge is 0.265 e. The standard InChI is InChI=1S/C25H21N5OS/c31-25(22-15-26-16-32-22)29-13-10-18(11-14-29)30-23(28-21-9-4-12-27-24(21)30)20-8-3-6-17-5-1-2-7-19(17)20/h1-9,12,15-16,18H,10-11,13-14H2. The van der Waals surface area contributed by atoms with E-state index >= 15 is 0 Å². The molecule has 0 radical (unpaired) electrons. The zero-order valence-electron chi connectivity index (χ0n) is 17.4. The van der Waals surface area contributed by atoms with Crippen molar-refractivity contribution in [3.63, 3.8) is 0 Å². The van der Waals surface area contributed by atoms with Crippen LogP contribution in [0, 0.1) is 0 Å². The number of likely N-dealkylation sites (tertiary alicyclic amines) is 1. The van der Waals surface area contributed by atoms with Crippen molar-refractivity contribution < 1.29 is 4.79 Å². The number of imidazole rings is 1. The summed E-state index contributed by atoms with van der Waals surface area (Å²) in [5.74, 6) is 1.02. The summed E-state index contributed by atoms with van der Waals surface area (Å²) in [6.45, 7) is 1.42. The van der Waals surface area contributed by atoms with Crippen LogP contribution in [0.25, 0.3) is 33.3 Å². The van der Waals surface area contributed by atoms with Gasteiger partial charge in [0.15, 0.2) is 5.65 Å². The van der Waals surface area contributed by atoms with Crippen LogP contribution in [0.1, 0.15) is 28.6 Å². The topological polar surface area (TPSA) is 63.9 Å². The lowest BCUT2D eigenvalue weighted by molar-refractivity contribution is 0.0701. The van der Waals surface area contributed by atoms with Gasteiger partial charge >= 0.3 is 0 Å². The summed E-state index contributed by atoms with van der Waals surface area (Å²) >= 11 is 1.40. The highest BCUT2D eigenvalue weighted by Gasteiger charge is 2.29. The second kappa shape index (κ2) is 7.84. The van der Waals surface area contributed by atoms with E-state index in [0.717, 1.165) is 35.4 Å². The van der Waals surface area contributed by atoms with Crippen LogP contribution in [0.2, 0.25) is 0 Å². The monoisotopic (exact) mass is 439 g/mol. The van der Waals surface area contributed by atoms with Gasteiger partial charge in [0.2, 0.25) is 0 Å². The molecule has 1 fully saturated rings. The highest BCUT2D eigenvalue weighted by atomic mass is 32.1. The van der Waals surface area contributed by atoms with Gasteiger partial charge in [0, 0.05) is 30.9 Å². The van der Waals surface area contributed by atoms with Crippen molar-refractivity contribution in [3.05, 3.63) is 77.4 Å². The van der Waals surface area contributed by atoms with Crippen LogP contribution < -0.4 is 0 Å². The molecular formula is C25H21N5OS. The van der Waals surface area contributed by atoms with E-state index in [-0.39, 0.29) is 11.9 Å². The first-order valence-electron chi connectivity index (χ1n) is 10.8. The molecular weight excluding hydrogens is 418 g/mol. The molecule has 6 nitrogen and oxygen atoms in total. The van der Waals surface area contributed by atoms with Crippen molar-refractivity contribution in [1.82, 2.24) is 24.4 Å². The van der Waals surface area contributed by atoms with Crippen molar-refractivity contribution in [2.45, 2.75) is 18.9 Å². The van der Waals surface area contributed by atoms with E-state index < -0.39 is 0 Å². The van der Waals surface area contributed by atoms with Crippen molar-refractivity contribution in [2.24, 2.45) is 0 Å². The summed E-state index contributed by atoms with van der Waals surface area (Å²) in [4.78, 5) is 29.2. The molecule has 1 saturated heterocycles. The quantitative estimate of drug-likeness (QED) is 0.388. The van der Waals surface area contributed by atoms with Crippen LogP contribution in [-0.4, -0.2) is 43.4 Å². The number of rotatable bonds is 3. The molecule has 1 aliphatic rings. The van der Waals surface area contributed by atoms with E-state index in [4.69, 9.17) is 9.97 Å². The minimum absolute atomic E-state index is 0.0776. The van der Waals surface area contributed by atoms with Gasteiger partial charge in [-0.3, -0.25) is 9.78 Å². The molecule has 0 spiro atoms. The van der Waals surface area contributed by atoms with Gasteiger partial charge in [-0.25, -0.2) is 9.97 Å². The highest BCUT2D eigenvalue weighted by Crippen LogP contribution is 2.35. The number of thiazole rings is 1. The maximum atomic E-state index is 12.8. The van der Waals surface area contributed by atoms with Crippen molar-refractivity contribution in [1.29, 1.82) is 0 Å². The minimum atomic E-state index is 0.0776. The third-order valence-corrected chi connectivity index (χ3v) is 7.00. The number of piperidine rings is 1. The third kappa shape index (κ3) is 3.17. The fourth-order valence-electron chi connectivity index (χ4n) is 4.69. The second-order valence-corrected chi connectivity index (χ2v) is 8.95. The normalized spacial score (nSPS) is 14.9. The summed E-state index contributed by atoms with van der Waals surface area (Å²) in [6.07, 6.45) is 5.22. The number of carbonyl (C=O) groups excluding carboxylic acids is 1. The Balaban J connectivity index is 1.40. The Hall–Kier alpha value is -3.58. The van der Waals surface area contributed by atoms with E-state index in [0.29, 0.717) is 18.0 Å². The Morgan fingerprint density at radius 2 is 1.84 bits per heavy atom. The number of aromatic nitrogens is 4. The molecule has 32 heavy (non-hydrogen) atoms. The lowest BCUT2D eigenvalue weighted by Gasteiger charge is -2.33. The number of pyridine rings is 1. The number of amides is 1. The fourth-order valence-corrected chi connectivity index (χ4v) is 5.28. The van der Waals surface area contributed by atoms with Crippen LogP contribution in [0.4, 0.5) is 0 Å². The van der Waals surface area contributed by atoms with Gasteiger partial charge in [-0.1, -0.05) is 42.5 Å². The number of hydrogen-bond donors (Lipinski definition) is 0. The molecule has 5 aromatic rings. The van der Waals surface area contributed by atoms with E-state index in [1.54, 1.807) is 11.7 Å². The SMILES string of the molecule is O=C(c1cncs1)N1CCC(n2c(-c3cccc4ccccc34)nc3cccnc32)CC1. The number of benzene rings is 2. The van der Waals surface area contributed by atoms with Gasteiger partial charge in [-0.2, -0.15) is 0 Å². The molecule has 158 valence electrons. The first-order valence-corrected chi connectivity index (χ1v) is 11.7. The van der Waals surface area contributed by atoms with Crippen LogP contribution in [-0.2, 0) is 0 Å². The molecule has 0 saturated carbocycles. The zero-order chi connectivity index (χ0) is 21.5. The second-order valence-electron chi connectivity index (χ2n) is 8.07.